The first-order valence-corrected chi connectivity index (χ1v) is 6.13. The SMILES string of the molecule is C#CCC(N)C(=O)N1CCCC1c1cccnc1. The Kier molecular flexibility index (Phi) is 3.96. The molecule has 1 aliphatic rings. The van der Waals surface area contributed by atoms with Gasteiger partial charge in [-0.15, -0.1) is 12.3 Å². The molecular weight excluding hydrogens is 226 g/mol. The highest BCUT2D eigenvalue weighted by atomic mass is 16.2. The standard InChI is InChI=1S/C14H17N3O/c1-2-5-12(15)14(18)17-9-4-7-13(17)11-6-3-8-16-10-11/h1,3,6,8,10,12-13H,4-5,7,9,15H2. The zero-order valence-corrected chi connectivity index (χ0v) is 10.2. The van der Waals surface area contributed by atoms with E-state index in [1.54, 1.807) is 6.20 Å². The molecule has 1 amide bonds. The minimum atomic E-state index is -0.590. The summed E-state index contributed by atoms with van der Waals surface area (Å²) in [5.41, 5.74) is 6.86. The van der Waals surface area contributed by atoms with Crippen LogP contribution < -0.4 is 5.73 Å². The Morgan fingerprint density at radius 1 is 1.72 bits per heavy atom. The second-order valence-corrected chi connectivity index (χ2v) is 4.49. The van der Waals surface area contributed by atoms with E-state index < -0.39 is 6.04 Å². The molecule has 0 aliphatic carbocycles. The molecule has 2 heterocycles. The molecule has 1 fully saturated rings. The van der Waals surface area contributed by atoms with E-state index >= 15 is 0 Å². The van der Waals surface area contributed by atoms with Gasteiger partial charge in [0.1, 0.15) is 0 Å². The Morgan fingerprint density at radius 2 is 2.56 bits per heavy atom. The molecule has 0 spiro atoms. The van der Waals surface area contributed by atoms with Crippen molar-refractivity contribution in [2.45, 2.75) is 31.3 Å². The Bertz CT molecular complexity index is 452. The van der Waals surface area contributed by atoms with Gasteiger partial charge in [-0.1, -0.05) is 6.07 Å². The van der Waals surface area contributed by atoms with E-state index in [1.165, 1.54) is 0 Å². The molecule has 1 saturated heterocycles. The number of hydrogen-bond donors (Lipinski definition) is 1. The van der Waals surface area contributed by atoms with Crippen molar-refractivity contribution < 1.29 is 4.79 Å². The number of carbonyl (C=O) groups is 1. The smallest absolute Gasteiger partial charge is 0.240 e. The van der Waals surface area contributed by atoms with E-state index in [2.05, 4.69) is 10.9 Å². The van der Waals surface area contributed by atoms with Crippen molar-refractivity contribution in [1.82, 2.24) is 9.88 Å². The molecule has 4 heteroatoms. The molecule has 2 atom stereocenters. The number of hydrogen-bond acceptors (Lipinski definition) is 3. The predicted molar refractivity (Wildman–Crippen MR) is 69.4 cm³/mol. The average Bonchev–Trinajstić information content (AvgIpc) is 2.88. The summed E-state index contributed by atoms with van der Waals surface area (Å²) >= 11 is 0. The van der Waals surface area contributed by atoms with Gasteiger partial charge in [0.05, 0.1) is 12.1 Å². The minimum absolute atomic E-state index is 0.0562. The van der Waals surface area contributed by atoms with E-state index in [4.69, 9.17) is 12.2 Å². The summed E-state index contributed by atoms with van der Waals surface area (Å²) in [7, 11) is 0. The van der Waals surface area contributed by atoms with Crippen molar-refractivity contribution in [3.05, 3.63) is 30.1 Å². The van der Waals surface area contributed by atoms with E-state index in [-0.39, 0.29) is 18.4 Å². The van der Waals surface area contributed by atoms with Gasteiger partial charge in [-0.2, -0.15) is 0 Å². The van der Waals surface area contributed by atoms with Crippen LogP contribution in [-0.4, -0.2) is 28.4 Å². The monoisotopic (exact) mass is 243 g/mol. The Hall–Kier alpha value is -1.86. The molecule has 1 aromatic heterocycles. The molecule has 4 nitrogen and oxygen atoms in total. The van der Waals surface area contributed by atoms with Crippen molar-refractivity contribution in [1.29, 1.82) is 0 Å². The maximum atomic E-state index is 12.2. The molecule has 18 heavy (non-hydrogen) atoms. The van der Waals surface area contributed by atoms with Crippen LogP contribution in [0.4, 0.5) is 0 Å². The van der Waals surface area contributed by atoms with Crippen LogP contribution in [0.15, 0.2) is 24.5 Å². The molecule has 2 unspecified atom stereocenters. The minimum Gasteiger partial charge on any atom is -0.334 e. The summed E-state index contributed by atoms with van der Waals surface area (Å²) in [6, 6.07) is 3.38. The van der Waals surface area contributed by atoms with Crippen LogP contribution in [0.1, 0.15) is 30.9 Å². The van der Waals surface area contributed by atoms with Gasteiger partial charge < -0.3 is 10.6 Å². The van der Waals surface area contributed by atoms with Crippen molar-refractivity contribution in [2.24, 2.45) is 5.73 Å². The van der Waals surface area contributed by atoms with E-state index in [1.807, 2.05) is 23.2 Å². The lowest BCUT2D eigenvalue weighted by atomic mass is 10.1. The number of aromatic nitrogens is 1. The zero-order chi connectivity index (χ0) is 13.0. The maximum Gasteiger partial charge on any atom is 0.240 e. The van der Waals surface area contributed by atoms with Gasteiger partial charge in [0.15, 0.2) is 0 Å². The number of terminal acetylenes is 1. The zero-order valence-electron chi connectivity index (χ0n) is 10.2. The number of pyridine rings is 1. The Morgan fingerprint density at radius 3 is 3.22 bits per heavy atom. The van der Waals surface area contributed by atoms with Crippen molar-refractivity contribution in [3.8, 4) is 12.3 Å². The summed E-state index contributed by atoms with van der Waals surface area (Å²) in [6.07, 6.45) is 11.0. The van der Waals surface area contributed by atoms with Gasteiger partial charge in [-0.25, -0.2) is 0 Å². The van der Waals surface area contributed by atoms with Crippen LogP contribution >= 0.6 is 0 Å². The van der Waals surface area contributed by atoms with Crippen LogP contribution in [0.5, 0.6) is 0 Å². The summed E-state index contributed by atoms with van der Waals surface area (Å²) < 4.78 is 0. The molecular formula is C14H17N3O. The largest absolute Gasteiger partial charge is 0.334 e. The summed E-state index contributed by atoms with van der Waals surface area (Å²) in [5.74, 6) is 2.39. The molecule has 2 N–H and O–H groups in total. The van der Waals surface area contributed by atoms with Gasteiger partial charge in [-0.05, 0) is 24.5 Å². The van der Waals surface area contributed by atoms with E-state index in [9.17, 15) is 4.79 Å². The molecule has 2 rings (SSSR count). The fourth-order valence-electron chi connectivity index (χ4n) is 2.38. The van der Waals surface area contributed by atoms with Crippen LogP contribution in [0.2, 0.25) is 0 Å². The van der Waals surface area contributed by atoms with Crippen LogP contribution in [0, 0.1) is 12.3 Å². The lowest BCUT2D eigenvalue weighted by Gasteiger charge is -2.27. The van der Waals surface area contributed by atoms with E-state index in [0.29, 0.717) is 0 Å². The summed E-state index contributed by atoms with van der Waals surface area (Å²) in [5, 5.41) is 0. The van der Waals surface area contributed by atoms with Gasteiger partial charge in [0.2, 0.25) is 5.91 Å². The molecule has 0 radical (unpaired) electrons. The van der Waals surface area contributed by atoms with Gasteiger partial charge >= 0.3 is 0 Å². The Labute approximate surface area is 107 Å². The predicted octanol–water partition coefficient (Wildman–Crippen LogP) is 1.10. The third kappa shape index (κ3) is 2.52. The number of carbonyl (C=O) groups excluding carboxylic acids is 1. The topological polar surface area (TPSA) is 59.2 Å². The molecule has 0 bridgehead atoms. The molecule has 1 aliphatic heterocycles. The third-order valence-electron chi connectivity index (χ3n) is 3.26. The molecule has 0 saturated carbocycles. The highest BCUT2D eigenvalue weighted by Gasteiger charge is 2.32. The number of likely N-dealkylation sites (tertiary alicyclic amines) is 1. The second-order valence-electron chi connectivity index (χ2n) is 4.49. The average molecular weight is 243 g/mol. The molecule has 94 valence electrons. The van der Waals surface area contributed by atoms with Crippen LogP contribution in [0.3, 0.4) is 0 Å². The fourth-order valence-corrected chi connectivity index (χ4v) is 2.38. The van der Waals surface area contributed by atoms with Crippen molar-refractivity contribution in [2.75, 3.05) is 6.54 Å². The fraction of sp³-hybridized carbons (Fsp3) is 0.429. The summed E-state index contributed by atoms with van der Waals surface area (Å²) in [4.78, 5) is 18.1. The first-order valence-electron chi connectivity index (χ1n) is 6.13. The maximum absolute atomic E-state index is 12.2. The lowest BCUT2D eigenvalue weighted by molar-refractivity contribution is -0.133. The lowest BCUT2D eigenvalue weighted by Crippen LogP contribution is -2.43. The highest BCUT2D eigenvalue weighted by Crippen LogP contribution is 2.31. The summed E-state index contributed by atoms with van der Waals surface area (Å²) in [6.45, 7) is 0.747. The number of rotatable bonds is 3. The van der Waals surface area contributed by atoms with E-state index in [0.717, 1.165) is 24.9 Å². The number of nitrogens with zero attached hydrogens (tertiary/aromatic N) is 2. The van der Waals surface area contributed by atoms with Gasteiger partial charge in [0, 0.05) is 25.4 Å². The molecule has 1 aromatic rings. The quantitative estimate of drug-likeness (QED) is 0.809. The first-order chi connectivity index (χ1) is 8.74. The number of amides is 1. The van der Waals surface area contributed by atoms with Crippen LogP contribution in [-0.2, 0) is 4.79 Å². The molecule has 0 aromatic carbocycles. The van der Waals surface area contributed by atoms with Crippen molar-refractivity contribution in [3.63, 3.8) is 0 Å². The first kappa shape index (κ1) is 12.6. The highest BCUT2D eigenvalue weighted by molar-refractivity contribution is 5.82. The van der Waals surface area contributed by atoms with Crippen molar-refractivity contribution >= 4 is 5.91 Å². The Balaban J connectivity index is 2.13. The second kappa shape index (κ2) is 5.65. The van der Waals surface area contributed by atoms with Gasteiger partial charge in [0.25, 0.3) is 0 Å². The van der Waals surface area contributed by atoms with Crippen LogP contribution in [0.25, 0.3) is 0 Å². The van der Waals surface area contributed by atoms with Gasteiger partial charge in [-0.3, -0.25) is 9.78 Å². The normalized spacial score (nSPS) is 20.4. The number of nitrogens with two attached hydrogens (primary N) is 1. The third-order valence-corrected chi connectivity index (χ3v) is 3.26.